The van der Waals surface area contributed by atoms with E-state index in [9.17, 15) is 0 Å². The Balaban J connectivity index is 1.65. The summed E-state index contributed by atoms with van der Waals surface area (Å²) in [5.41, 5.74) is 1.18. The molecule has 3 heterocycles. The molecule has 3 atom stereocenters. The van der Waals surface area contributed by atoms with E-state index >= 15 is 0 Å². The molecular formula is C15H22N2O2. The fourth-order valence-corrected chi connectivity index (χ4v) is 3.38. The first-order valence-corrected chi connectivity index (χ1v) is 7.12. The molecule has 2 aliphatic heterocycles. The SMILES string of the molecule is COc1ncccc1CN1CC[C@@H]2O[C@H](C)C[C@@H]2C1. The van der Waals surface area contributed by atoms with Crippen LogP contribution in [-0.4, -0.2) is 42.3 Å². The number of hydrogen-bond donors (Lipinski definition) is 0. The highest BCUT2D eigenvalue weighted by Crippen LogP contribution is 2.33. The summed E-state index contributed by atoms with van der Waals surface area (Å²) in [6.45, 7) is 5.35. The molecule has 0 aliphatic carbocycles. The van der Waals surface area contributed by atoms with Crippen LogP contribution >= 0.6 is 0 Å². The molecule has 4 nitrogen and oxygen atoms in total. The lowest BCUT2D eigenvalue weighted by Gasteiger charge is -2.34. The van der Waals surface area contributed by atoms with Gasteiger partial charge in [0, 0.05) is 37.3 Å². The second-order valence-corrected chi connectivity index (χ2v) is 5.68. The molecule has 0 spiro atoms. The van der Waals surface area contributed by atoms with Crippen LogP contribution < -0.4 is 4.74 Å². The standard InChI is InChI=1S/C15H22N2O2/c1-11-8-13-10-17(7-5-14(13)19-11)9-12-4-3-6-16-15(12)18-2/h3-4,6,11,13-14H,5,7-10H2,1-2H3/t11-,13-,14+/m1/s1. The van der Waals surface area contributed by atoms with Crippen molar-refractivity contribution in [2.24, 2.45) is 5.92 Å². The van der Waals surface area contributed by atoms with Gasteiger partial charge in [0.25, 0.3) is 0 Å². The normalized spacial score (nSPS) is 31.2. The first kappa shape index (κ1) is 12.9. The highest BCUT2D eigenvalue weighted by Gasteiger charge is 2.37. The Labute approximate surface area is 114 Å². The predicted molar refractivity (Wildman–Crippen MR) is 73.1 cm³/mol. The van der Waals surface area contributed by atoms with Crippen molar-refractivity contribution in [3.63, 3.8) is 0 Å². The summed E-state index contributed by atoms with van der Waals surface area (Å²) in [6.07, 6.45) is 5.05. The molecule has 0 bridgehead atoms. The van der Waals surface area contributed by atoms with Crippen molar-refractivity contribution in [1.29, 1.82) is 0 Å². The van der Waals surface area contributed by atoms with Gasteiger partial charge in [0.2, 0.25) is 5.88 Å². The Bertz CT molecular complexity index is 438. The van der Waals surface area contributed by atoms with Crippen LogP contribution in [0.25, 0.3) is 0 Å². The van der Waals surface area contributed by atoms with E-state index in [1.165, 1.54) is 12.0 Å². The van der Waals surface area contributed by atoms with Crippen LogP contribution in [0.4, 0.5) is 0 Å². The van der Waals surface area contributed by atoms with Crippen molar-refractivity contribution < 1.29 is 9.47 Å². The van der Waals surface area contributed by atoms with Gasteiger partial charge in [-0.25, -0.2) is 4.98 Å². The number of aromatic nitrogens is 1. The average Bonchev–Trinajstić information content (AvgIpc) is 2.79. The lowest BCUT2D eigenvalue weighted by Crippen LogP contribution is -2.40. The molecule has 104 valence electrons. The highest BCUT2D eigenvalue weighted by atomic mass is 16.5. The number of methoxy groups -OCH3 is 1. The zero-order valence-corrected chi connectivity index (χ0v) is 11.7. The van der Waals surface area contributed by atoms with Crippen molar-refractivity contribution in [3.8, 4) is 5.88 Å². The van der Waals surface area contributed by atoms with Crippen molar-refractivity contribution >= 4 is 0 Å². The molecule has 0 aromatic carbocycles. The third-order valence-corrected chi connectivity index (χ3v) is 4.23. The van der Waals surface area contributed by atoms with E-state index in [2.05, 4.69) is 22.9 Å². The van der Waals surface area contributed by atoms with E-state index in [0.717, 1.165) is 31.9 Å². The average molecular weight is 262 g/mol. The van der Waals surface area contributed by atoms with Crippen LogP contribution in [0.15, 0.2) is 18.3 Å². The Morgan fingerprint density at radius 1 is 1.53 bits per heavy atom. The number of likely N-dealkylation sites (tertiary alicyclic amines) is 1. The van der Waals surface area contributed by atoms with Gasteiger partial charge in [0.1, 0.15) is 0 Å². The van der Waals surface area contributed by atoms with Gasteiger partial charge in [0.05, 0.1) is 19.3 Å². The molecule has 0 amide bonds. The molecule has 4 heteroatoms. The number of fused-ring (bicyclic) bond motifs is 1. The monoisotopic (exact) mass is 262 g/mol. The van der Waals surface area contributed by atoms with Crippen LogP contribution in [0.1, 0.15) is 25.3 Å². The lowest BCUT2D eigenvalue weighted by atomic mass is 9.93. The van der Waals surface area contributed by atoms with Crippen molar-refractivity contribution in [2.75, 3.05) is 20.2 Å². The van der Waals surface area contributed by atoms with Crippen LogP contribution in [0, 0.1) is 5.92 Å². The Morgan fingerprint density at radius 2 is 2.42 bits per heavy atom. The van der Waals surface area contributed by atoms with E-state index in [1.807, 2.05) is 6.07 Å². The van der Waals surface area contributed by atoms with Crippen molar-refractivity contribution in [2.45, 2.75) is 38.5 Å². The predicted octanol–water partition coefficient (Wildman–Crippen LogP) is 2.09. The van der Waals surface area contributed by atoms with E-state index in [-0.39, 0.29) is 0 Å². The number of hydrogen-bond acceptors (Lipinski definition) is 4. The van der Waals surface area contributed by atoms with Crippen LogP contribution in [0.3, 0.4) is 0 Å². The van der Waals surface area contributed by atoms with E-state index < -0.39 is 0 Å². The van der Waals surface area contributed by atoms with Crippen molar-refractivity contribution in [1.82, 2.24) is 9.88 Å². The maximum absolute atomic E-state index is 5.94. The number of rotatable bonds is 3. The number of pyridine rings is 1. The topological polar surface area (TPSA) is 34.6 Å². The molecular weight excluding hydrogens is 240 g/mol. The van der Waals surface area contributed by atoms with Crippen LogP contribution in [0.5, 0.6) is 5.88 Å². The molecule has 1 aromatic heterocycles. The maximum Gasteiger partial charge on any atom is 0.217 e. The Hall–Kier alpha value is -1.13. The van der Waals surface area contributed by atoms with Crippen LogP contribution in [-0.2, 0) is 11.3 Å². The maximum atomic E-state index is 5.94. The number of ether oxygens (including phenoxy) is 2. The van der Waals surface area contributed by atoms with Gasteiger partial charge in [-0.05, 0) is 25.8 Å². The first-order valence-electron chi connectivity index (χ1n) is 7.12. The third-order valence-electron chi connectivity index (χ3n) is 4.23. The van der Waals surface area contributed by atoms with E-state index in [0.29, 0.717) is 18.1 Å². The molecule has 19 heavy (non-hydrogen) atoms. The summed E-state index contributed by atoms with van der Waals surface area (Å²) < 4.78 is 11.3. The molecule has 2 fully saturated rings. The zero-order chi connectivity index (χ0) is 13.2. The summed E-state index contributed by atoms with van der Waals surface area (Å²) in [5.74, 6) is 1.45. The highest BCUT2D eigenvalue weighted by molar-refractivity contribution is 5.25. The quantitative estimate of drug-likeness (QED) is 0.835. The molecule has 0 unspecified atom stereocenters. The summed E-state index contributed by atoms with van der Waals surface area (Å²) in [5, 5.41) is 0. The van der Waals surface area contributed by atoms with Gasteiger partial charge in [0.15, 0.2) is 0 Å². The second-order valence-electron chi connectivity index (χ2n) is 5.68. The number of piperidine rings is 1. The Morgan fingerprint density at radius 3 is 3.26 bits per heavy atom. The molecule has 0 radical (unpaired) electrons. The molecule has 3 rings (SSSR count). The van der Waals surface area contributed by atoms with Crippen molar-refractivity contribution in [3.05, 3.63) is 23.9 Å². The Kier molecular flexibility index (Phi) is 3.71. The summed E-state index contributed by atoms with van der Waals surface area (Å²) >= 11 is 0. The molecule has 2 saturated heterocycles. The molecule has 0 saturated carbocycles. The fourth-order valence-electron chi connectivity index (χ4n) is 3.38. The third kappa shape index (κ3) is 2.74. The summed E-state index contributed by atoms with van der Waals surface area (Å²) in [7, 11) is 1.69. The second kappa shape index (κ2) is 5.47. The molecule has 1 aromatic rings. The van der Waals surface area contributed by atoms with Gasteiger partial charge in [-0.15, -0.1) is 0 Å². The largest absolute Gasteiger partial charge is 0.481 e. The van der Waals surface area contributed by atoms with Gasteiger partial charge in [-0.3, -0.25) is 4.90 Å². The summed E-state index contributed by atoms with van der Waals surface area (Å²) in [4.78, 5) is 6.77. The molecule has 2 aliphatic rings. The van der Waals surface area contributed by atoms with Gasteiger partial charge in [-0.1, -0.05) is 6.07 Å². The van der Waals surface area contributed by atoms with E-state index in [1.54, 1.807) is 13.3 Å². The number of nitrogens with zero attached hydrogens (tertiary/aromatic N) is 2. The minimum absolute atomic E-state index is 0.433. The van der Waals surface area contributed by atoms with Gasteiger partial charge in [-0.2, -0.15) is 0 Å². The zero-order valence-electron chi connectivity index (χ0n) is 11.7. The minimum Gasteiger partial charge on any atom is -0.481 e. The minimum atomic E-state index is 0.433. The first-order chi connectivity index (χ1) is 9.26. The lowest BCUT2D eigenvalue weighted by molar-refractivity contribution is 0.00571. The van der Waals surface area contributed by atoms with Gasteiger partial charge >= 0.3 is 0 Å². The smallest absolute Gasteiger partial charge is 0.217 e. The van der Waals surface area contributed by atoms with Crippen LogP contribution in [0.2, 0.25) is 0 Å². The van der Waals surface area contributed by atoms with Gasteiger partial charge < -0.3 is 9.47 Å². The molecule has 0 N–H and O–H groups in total. The summed E-state index contributed by atoms with van der Waals surface area (Å²) in [6, 6.07) is 4.08. The fraction of sp³-hybridized carbons (Fsp3) is 0.667. The van der Waals surface area contributed by atoms with E-state index in [4.69, 9.17) is 9.47 Å².